The Morgan fingerprint density at radius 1 is 1.32 bits per heavy atom. The average molecular weight is 301 g/mol. The Kier molecular flexibility index (Phi) is 5.20. The molecule has 0 saturated heterocycles. The lowest BCUT2D eigenvalue weighted by atomic mass is 10.1. The summed E-state index contributed by atoms with van der Waals surface area (Å²) in [7, 11) is 0. The molecule has 0 saturated carbocycles. The molecule has 22 heavy (non-hydrogen) atoms. The van der Waals surface area contributed by atoms with Crippen LogP contribution in [0.15, 0.2) is 49.1 Å². The number of imidazole rings is 1. The van der Waals surface area contributed by atoms with Crippen molar-refractivity contribution in [3.63, 3.8) is 0 Å². The summed E-state index contributed by atoms with van der Waals surface area (Å²) in [4.78, 5) is 16.1. The molecule has 1 aromatic carbocycles. The van der Waals surface area contributed by atoms with Crippen LogP contribution in [0.25, 0.3) is 0 Å². The largest absolute Gasteiger partial charge is 0.444 e. The van der Waals surface area contributed by atoms with Crippen LogP contribution >= 0.6 is 0 Å². The van der Waals surface area contributed by atoms with E-state index in [0.29, 0.717) is 0 Å². The van der Waals surface area contributed by atoms with Gasteiger partial charge in [-0.05, 0) is 39.2 Å². The fourth-order valence-electron chi connectivity index (χ4n) is 2.14. The van der Waals surface area contributed by atoms with Gasteiger partial charge in [-0.1, -0.05) is 30.3 Å². The van der Waals surface area contributed by atoms with Gasteiger partial charge < -0.3 is 14.6 Å². The summed E-state index contributed by atoms with van der Waals surface area (Å²) in [6.45, 7) is 5.55. The molecule has 1 aromatic heterocycles. The van der Waals surface area contributed by atoms with Crippen LogP contribution in [-0.2, 0) is 11.2 Å². The van der Waals surface area contributed by atoms with Crippen LogP contribution < -0.4 is 5.32 Å². The van der Waals surface area contributed by atoms with E-state index in [4.69, 9.17) is 4.74 Å². The fourth-order valence-corrected chi connectivity index (χ4v) is 2.14. The molecule has 1 amide bonds. The number of rotatable bonds is 5. The van der Waals surface area contributed by atoms with Crippen LogP contribution in [0.1, 0.15) is 38.9 Å². The minimum Gasteiger partial charge on any atom is -0.444 e. The van der Waals surface area contributed by atoms with E-state index >= 15 is 0 Å². The molecule has 0 aliphatic rings. The Morgan fingerprint density at radius 3 is 2.64 bits per heavy atom. The van der Waals surface area contributed by atoms with E-state index in [1.807, 2.05) is 49.7 Å². The van der Waals surface area contributed by atoms with E-state index in [2.05, 4.69) is 22.4 Å². The smallest absolute Gasteiger partial charge is 0.409 e. The molecule has 0 aliphatic heterocycles. The van der Waals surface area contributed by atoms with Crippen molar-refractivity contribution in [3.05, 3.63) is 54.6 Å². The second-order valence-electron chi connectivity index (χ2n) is 6.20. The minimum absolute atomic E-state index is 0.183. The maximum atomic E-state index is 12.0. The maximum absolute atomic E-state index is 12.0. The predicted octanol–water partition coefficient (Wildman–Crippen LogP) is 3.54. The summed E-state index contributed by atoms with van der Waals surface area (Å²) >= 11 is 0. The van der Waals surface area contributed by atoms with Crippen LogP contribution in [0.2, 0.25) is 0 Å². The minimum atomic E-state index is -0.511. The molecule has 5 heteroatoms. The number of hydrogen-bond acceptors (Lipinski definition) is 3. The first-order chi connectivity index (χ1) is 10.4. The van der Waals surface area contributed by atoms with Crippen LogP contribution in [0.4, 0.5) is 4.79 Å². The highest BCUT2D eigenvalue weighted by Gasteiger charge is 2.20. The monoisotopic (exact) mass is 301 g/mol. The summed E-state index contributed by atoms with van der Waals surface area (Å²) in [5.41, 5.74) is 0.724. The first kappa shape index (κ1) is 16.1. The summed E-state index contributed by atoms with van der Waals surface area (Å²) in [5, 5.41) is 2.91. The number of amides is 1. The number of aryl methyl sites for hydroxylation is 1. The Labute approximate surface area is 131 Å². The molecule has 0 bridgehead atoms. The number of benzene rings is 1. The van der Waals surface area contributed by atoms with Crippen LogP contribution in [-0.4, -0.2) is 21.2 Å². The molecule has 118 valence electrons. The number of carbonyl (C=O) groups is 1. The molecular weight excluding hydrogens is 278 g/mol. The zero-order valence-electron chi connectivity index (χ0n) is 13.3. The van der Waals surface area contributed by atoms with E-state index in [1.54, 1.807) is 12.5 Å². The van der Waals surface area contributed by atoms with Gasteiger partial charge >= 0.3 is 6.09 Å². The van der Waals surface area contributed by atoms with Gasteiger partial charge in [-0.15, -0.1) is 0 Å². The highest BCUT2D eigenvalue weighted by Crippen LogP contribution is 2.14. The van der Waals surface area contributed by atoms with Crippen LogP contribution in [0.3, 0.4) is 0 Å². The topological polar surface area (TPSA) is 56.1 Å². The van der Waals surface area contributed by atoms with Gasteiger partial charge in [-0.25, -0.2) is 9.78 Å². The molecule has 5 nitrogen and oxygen atoms in total. The highest BCUT2D eigenvalue weighted by atomic mass is 16.6. The van der Waals surface area contributed by atoms with E-state index < -0.39 is 11.7 Å². The second-order valence-corrected chi connectivity index (χ2v) is 6.20. The van der Waals surface area contributed by atoms with Crippen molar-refractivity contribution < 1.29 is 9.53 Å². The number of ether oxygens (including phenoxy) is 1. The van der Waals surface area contributed by atoms with Crippen molar-refractivity contribution in [1.82, 2.24) is 14.9 Å². The van der Waals surface area contributed by atoms with Crippen molar-refractivity contribution in [2.75, 3.05) is 0 Å². The third-order valence-electron chi connectivity index (χ3n) is 3.12. The third-order valence-corrected chi connectivity index (χ3v) is 3.12. The fraction of sp³-hybridized carbons (Fsp3) is 0.412. The molecule has 2 rings (SSSR count). The van der Waals surface area contributed by atoms with Gasteiger partial charge in [0.25, 0.3) is 0 Å². The molecule has 1 atom stereocenters. The Hall–Kier alpha value is -2.30. The first-order valence-corrected chi connectivity index (χ1v) is 7.45. The lowest BCUT2D eigenvalue weighted by molar-refractivity contribution is 0.0478. The van der Waals surface area contributed by atoms with Crippen molar-refractivity contribution in [1.29, 1.82) is 0 Å². The molecule has 0 radical (unpaired) electrons. The summed E-state index contributed by atoms with van der Waals surface area (Å²) in [6.07, 6.45) is 6.27. The molecule has 0 fully saturated rings. The lowest BCUT2D eigenvalue weighted by Crippen LogP contribution is -2.37. The first-order valence-electron chi connectivity index (χ1n) is 7.45. The van der Waals surface area contributed by atoms with E-state index in [0.717, 1.165) is 12.8 Å². The molecule has 0 aliphatic carbocycles. The number of carbonyl (C=O) groups excluding carboxylic acids is 1. The van der Waals surface area contributed by atoms with E-state index in [1.165, 1.54) is 5.56 Å². The SMILES string of the molecule is CC(C)(C)OC(=O)NC(CCc1ccccc1)n1ccnc1. The number of hydrogen-bond donors (Lipinski definition) is 1. The number of nitrogens with one attached hydrogen (secondary N) is 1. The molecule has 0 spiro atoms. The van der Waals surface area contributed by atoms with E-state index in [-0.39, 0.29) is 6.17 Å². The normalized spacial score (nSPS) is 12.7. The number of aromatic nitrogens is 2. The van der Waals surface area contributed by atoms with Gasteiger partial charge in [0.15, 0.2) is 0 Å². The standard InChI is InChI=1S/C17H23N3O2/c1-17(2,3)22-16(21)19-15(20-12-11-18-13-20)10-9-14-7-5-4-6-8-14/h4-8,11-13,15H,9-10H2,1-3H3,(H,19,21). The zero-order valence-corrected chi connectivity index (χ0v) is 13.3. The molecule has 1 N–H and O–H groups in total. The van der Waals surface area contributed by atoms with Crippen molar-refractivity contribution >= 4 is 6.09 Å². The average Bonchev–Trinajstić information content (AvgIpc) is 2.96. The molecule has 1 heterocycles. The third kappa shape index (κ3) is 5.24. The van der Waals surface area contributed by atoms with Gasteiger partial charge in [0, 0.05) is 12.4 Å². The van der Waals surface area contributed by atoms with Gasteiger partial charge in [0.05, 0.1) is 6.33 Å². The molecule has 2 aromatic rings. The summed E-state index contributed by atoms with van der Waals surface area (Å²) < 4.78 is 7.22. The Morgan fingerprint density at radius 2 is 2.05 bits per heavy atom. The number of nitrogens with zero attached hydrogens (tertiary/aromatic N) is 2. The summed E-state index contributed by atoms with van der Waals surface area (Å²) in [5.74, 6) is 0. The van der Waals surface area contributed by atoms with Gasteiger partial charge in [-0.3, -0.25) is 0 Å². The zero-order chi connectivity index (χ0) is 16.0. The van der Waals surface area contributed by atoms with E-state index in [9.17, 15) is 4.79 Å². The molecule has 1 unspecified atom stereocenters. The van der Waals surface area contributed by atoms with Gasteiger partial charge in [0.1, 0.15) is 11.8 Å². The van der Waals surface area contributed by atoms with Gasteiger partial charge in [0.2, 0.25) is 0 Å². The van der Waals surface area contributed by atoms with Crippen LogP contribution in [0, 0.1) is 0 Å². The number of alkyl carbamates (subject to hydrolysis) is 1. The maximum Gasteiger partial charge on any atom is 0.409 e. The van der Waals surface area contributed by atoms with Crippen LogP contribution in [0.5, 0.6) is 0 Å². The van der Waals surface area contributed by atoms with Crippen molar-refractivity contribution in [2.45, 2.75) is 45.4 Å². The molecular formula is C17H23N3O2. The van der Waals surface area contributed by atoms with Gasteiger partial charge in [-0.2, -0.15) is 0 Å². The Balaban J connectivity index is 1.99. The second kappa shape index (κ2) is 7.11. The van der Waals surface area contributed by atoms with Crippen molar-refractivity contribution in [2.24, 2.45) is 0 Å². The predicted molar refractivity (Wildman–Crippen MR) is 85.4 cm³/mol. The summed E-state index contributed by atoms with van der Waals surface area (Å²) in [6, 6.07) is 10.2. The highest BCUT2D eigenvalue weighted by molar-refractivity contribution is 5.67. The quantitative estimate of drug-likeness (QED) is 0.919. The van der Waals surface area contributed by atoms with Crippen molar-refractivity contribution in [3.8, 4) is 0 Å². The lowest BCUT2D eigenvalue weighted by Gasteiger charge is -2.24. The Bertz CT molecular complexity index is 574.